The first-order chi connectivity index (χ1) is 7.85. The lowest BCUT2D eigenvalue weighted by Gasteiger charge is -2.11. The molecule has 2 aromatic rings. The van der Waals surface area contributed by atoms with E-state index in [9.17, 15) is 0 Å². The maximum atomic E-state index is 5.10. The second-order valence-electron chi connectivity index (χ2n) is 3.40. The van der Waals surface area contributed by atoms with E-state index in [1.165, 1.54) is 0 Å². The van der Waals surface area contributed by atoms with Gasteiger partial charge in [-0.15, -0.1) is 0 Å². The Hall–Kier alpha value is -1.75. The van der Waals surface area contributed by atoms with Crippen molar-refractivity contribution in [3.8, 4) is 0 Å². The molecule has 0 unspecified atom stereocenters. The van der Waals surface area contributed by atoms with Gasteiger partial charge in [0.05, 0.1) is 6.04 Å². The fourth-order valence-electron chi connectivity index (χ4n) is 1.53. The van der Waals surface area contributed by atoms with Crippen molar-refractivity contribution in [2.75, 3.05) is 7.05 Å². The number of hydrogen-bond acceptors (Lipinski definition) is 5. The normalized spacial score (nSPS) is 12.6. The Morgan fingerprint density at radius 2 is 2.12 bits per heavy atom. The number of rotatable bonds is 4. The highest BCUT2D eigenvalue weighted by Gasteiger charge is 2.17. The topological polar surface area (TPSA) is 63.8 Å². The van der Waals surface area contributed by atoms with E-state index in [2.05, 4.69) is 20.4 Å². The van der Waals surface area contributed by atoms with Crippen LogP contribution in [0.15, 0.2) is 29.0 Å². The molecule has 0 aliphatic rings. The van der Waals surface area contributed by atoms with Gasteiger partial charge in [-0.1, -0.05) is 12.1 Å². The summed E-state index contributed by atoms with van der Waals surface area (Å²) in [6.07, 6.45) is 4.25. The maximum absolute atomic E-state index is 5.10. The van der Waals surface area contributed by atoms with Gasteiger partial charge >= 0.3 is 0 Å². The summed E-state index contributed by atoms with van der Waals surface area (Å²) in [4.78, 5) is 8.30. The van der Waals surface area contributed by atoms with Crippen LogP contribution in [0.3, 0.4) is 0 Å². The highest BCUT2D eigenvalue weighted by Crippen LogP contribution is 2.18. The summed E-state index contributed by atoms with van der Waals surface area (Å²) in [6, 6.07) is 3.82. The number of aromatic nitrogens is 3. The molecule has 1 N–H and O–H groups in total. The van der Waals surface area contributed by atoms with Crippen LogP contribution in [-0.2, 0) is 6.42 Å². The Kier molecular flexibility index (Phi) is 3.26. The fraction of sp³-hybridized carbons (Fsp3) is 0.364. The molecule has 5 heteroatoms. The fourth-order valence-corrected chi connectivity index (χ4v) is 1.53. The van der Waals surface area contributed by atoms with Crippen molar-refractivity contribution in [2.24, 2.45) is 0 Å². The van der Waals surface area contributed by atoms with Gasteiger partial charge in [0.15, 0.2) is 5.82 Å². The number of pyridine rings is 1. The Morgan fingerprint density at radius 3 is 2.69 bits per heavy atom. The number of aryl methyl sites for hydroxylation is 1. The van der Waals surface area contributed by atoms with Crippen molar-refractivity contribution >= 4 is 0 Å². The van der Waals surface area contributed by atoms with Gasteiger partial charge in [-0.05, 0) is 24.7 Å². The van der Waals surface area contributed by atoms with Gasteiger partial charge in [-0.2, -0.15) is 4.98 Å². The lowest BCUT2D eigenvalue weighted by atomic mass is 10.1. The van der Waals surface area contributed by atoms with E-state index in [0.29, 0.717) is 11.7 Å². The van der Waals surface area contributed by atoms with Gasteiger partial charge in [0, 0.05) is 18.8 Å². The molecule has 2 aromatic heterocycles. The average molecular weight is 218 g/mol. The number of nitrogens with one attached hydrogen (secondary N) is 1. The molecule has 84 valence electrons. The Bertz CT molecular complexity index is 440. The molecule has 0 aliphatic heterocycles. The zero-order valence-electron chi connectivity index (χ0n) is 9.34. The summed E-state index contributed by atoms with van der Waals surface area (Å²) >= 11 is 0. The second-order valence-corrected chi connectivity index (χ2v) is 3.40. The molecule has 2 rings (SSSR count). The van der Waals surface area contributed by atoms with Crippen LogP contribution in [0, 0.1) is 0 Å². The van der Waals surface area contributed by atoms with E-state index in [1.54, 1.807) is 12.4 Å². The molecule has 1 atom stereocenters. The predicted molar refractivity (Wildman–Crippen MR) is 58.8 cm³/mol. The van der Waals surface area contributed by atoms with Crippen LogP contribution in [0.2, 0.25) is 0 Å². The summed E-state index contributed by atoms with van der Waals surface area (Å²) in [6.45, 7) is 1.98. The minimum atomic E-state index is -0.0490. The lowest BCUT2D eigenvalue weighted by Crippen LogP contribution is -2.19. The standard InChI is InChI=1S/C11H14N4O/c1-3-9-14-11(15-16-9)10(12-2)8-4-6-13-7-5-8/h4-7,10,12H,3H2,1-2H3/t10-/m0/s1. The molecular weight excluding hydrogens is 204 g/mol. The maximum Gasteiger partial charge on any atom is 0.226 e. The van der Waals surface area contributed by atoms with Crippen molar-refractivity contribution in [1.82, 2.24) is 20.4 Å². The summed E-state index contributed by atoms with van der Waals surface area (Å²) in [5.74, 6) is 1.31. The zero-order valence-corrected chi connectivity index (χ0v) is 9.34. The SMILES string of the molecule is CCc1nc([C@@H](NC)c2ccncc2)no1. The van der Waals surface area contributed by atoms with Crippen LogP contribution in [0.25, 0.3) is 0 Å². The molecule has 0 radical (unpaired) electrons. The molecule has 0 bridgehead atoms. The molecule has 0 aromatic carbocycles. The van der Waals surface area contributed by atoms with Crippen LogP contribution in [0.1, 0.15) is 30.2 Å². The third-order valence-corrected chi connectivity index (χ3v) is 2.37. The van der Waals surface area contributed by atoms with Crippen molar-refractivity contribution in [3.05, 3.63) is 41.8 Å². The van der Waals surface area contributed by atoms with E-state index >= 15 is 0 Å². The highest BCUT2D eigenvalue weighted by atomic mass is 16.5. The van der Waals surface area contributed by atoms with Gasteiger partial charge in [-0.25, -0.2) is 0 Å². The molecule has 0 spiro atoms. The smallest absolute Gasteiger partial charge is 0.226 e. The molecule has 2 heterocycles. The monoisotopic (exact) mass is 218 g/mol. The van der Waals surface area contributed by atoms with E-state index in [4.69, 9.17) is 4.52 Å². The summed E-state index contributed by atoms with van der Waals surface area (Å²) in [5, 5.41) is 7.12. The van der Waals surface area contributed by atoms with Crippen LogP contribution < -0.4 is 5.32 Å². The van der Waals surface area contributed by atoms with Crippen LogP contribution in [0.4, 0.5) is 0 Å². The van der Waals surface area contributed by atoms with Gasteiger partial charge in [0.1, 0.15) is 0 Å². The van der Waals surface area contributed by atoms with Gasteiger partial charge < -0.3 is 9.84 Å². The first-order valence-electron chi connectivity index (χ1n) is 5.24. The molecule has 0 fully saturated rings. The minimum Gasteiger partial charge on any atom is -0.339 e. The predicted octanol–water partition coefficient (Wildman–Crippen LogP) is 1.34. The number of hydrogen-bond donors (Lipinski definition) is 1. The third-order valence-electron chi connectivity index (χ3n) is 2.37. The molecule has 5 nitrogen and oxygen atoms in total. The van der Waals surface area contributed by atoms with Crippen molar-refractivity contribution in [3.63, 3.8) is 0 Å². The van der Waals surface area contributed by atoms with E-state index < -0.39 is 0 Å². The first kappa shape index (κ1) is 10.8. The minimum absolute atomic E-state index is 0.0490. The van der Waals surface area contributed by atoms with Gasteiger partial charge in [-0.3, -0.25) is 4.98 Å². The quantitative estimate of drug-likeness (QED) is 0.838. The Morgan fingerprint density at radius 1 is 1.38 bits per heavy atom. The lowest BCUT2D eigenvalue weighted by molar-refractivity contribution is 0.373. The summed E-state index contributed by atoms with van der Waals surface area (Å²) in [5.41, 5.74) is 1.07. The molecule has 0 aliphatic carbocycles. The number of nitrogens with zero attached hydrogens (tertiary/aromatic N) is 3. The van der Waals surface area contributed by atoms with Crippen molar-refractivity contribution in [1.29, 1.82) is 0 Å². The molecular formula is C11H14N4O. The summed E-state index contributed by atoms with van der Waals surface area (Å²) < 4.78 is 5.10. The van der Waals surface area contributed by atoms with Gasteiger partial charge in [0.25, 0.3) is 0 Å². The van der Waals surface area contributed by atoms with E-state index in [1.807, 2.05) is 26.1 Å². The van der Waals surface area contributed by atoms with Crippen LogP contribution in [-0.4, -0.2) is 22.2 Å². The van der Waals surface area contributed by atoms with Gasteiger partial charge in [0.2, 0.25) is 5.89 Å². The second kappa shape index (κ2) is 4.85. The van der Waals surface area contributed by atoms with E-state index in [0.717, 1.165) is 12.0 Å². The Balaban J connectivity index is 2.29. The highest BCUT2D eigenvalue weighted by molar-refractivity contribution is 5.21. The van der Waals surface area contributed by atoms with Crippen molar-refractivity contribution < 1.29 is 4.52 Å². The van der Waals surface area contributed by atoms with Crippen LogP contribution in [0.5, 0.6) is 0 Å². The summed E-state index contributed by atoms with van der Waals surface area (Å²) in [7, 11) is 1.87. The van der Waals surface area contributed by atoms with Crippen molar-refractivity contribution in [2.45, 2.75) is 19.4 Å². The third kappa shape index (κ3) is 2.09. The first-order valence-corrected chi connectivity index (χ1v) is 5.24. The molecule has 16 heavy (non-hydrogen) atoms. The molecule has 0 saturated heterocycles. The zero-order chi connectivity index (χ0) is 11.4. The molecule has 0 amide bonds. The van der Waals surface area contributed by atoms with E-state index in [-0.39, 0.29) is 6.04 Å². The molecule has 0 saturated carbocycles. The average Bonchev–Trinajstić information content (AvgIpc) is 2.80. The van der Waals surface area contributed by atoms with Crippen LogP contribution >= 0.6 is 0 Å². The Labute approximate surface area is 93.9 Å². The largest absolute Gasteiger partial charge is 0.339 e.